The monoisotopic (exact) mass is 245 g/mol. The number of rotatable bonds is 6. The summed E-state index contributed by atoms with van der Waals surface area (Å²) in [6.07, 6.45) is 5.29. The first-order valence-electron chi connectivity index (χ1n) is 6.46. The summed E-state index contributed by atoms with van der Waals surface area (Å²) in [5.74, 6) is 4.02. The standard InChI is InChI=1S/C16H23NO/c1-6-9-17-11-14(5)18-15-7-8-16(12(2)3)13(4)10-15/h1,7-8,10,12,14,17H,9,11H2,2-5H3. The summed E-state index contributed by atoms with van der Waals surface area (Å²) in [5, 5.41) is 3.14. The Hall–Kier alpha value is -1.46. The van der Waals surface area contributed by atoms with Gasteiger partial charge in [-0.2, -0.15) is 0 Å². The number of hydrogen-bond donors (Lipinski definition) is 1. The summed E-state index contributed by atoms with van der Waals surface area (Å²) in [4.78, 5) is 0. The molecule has 0 radical (unpaired) electrons. The van der Waals surface area contributed by atoms with Crippen LogP contribution in [0.2, 0.25) is 0 Å². The van der Waals surface area contributed by atoms with E-state index in [4.69, 9.17) is 11.2 Å². The van der Waals surface area contributed by atoms with Crippen LogP contribution in [0.5, 0.6) is 5.75 Å². The molecule has 0 saturated heterocycles. The molecule has 18 heavy (non-hydrogen) atoms. The van der Waals surface area contributed by atoms with Crippen molar-refractivity contribution in [2.24, 2.45) is 0 Å². The maximum Gasteiger partial charge on any atom is 0.120 e. The van der Waals surface area contributed by atoms with Crippen LogP contribution in [0.3, 0.4) is 0 Å². The molecule has 0 spiro atoms. The molecule has 2 heteroatoms. The van der Waals surface area contributed by atoms with Crippen LogP contribution in [0.15, 0.2) is 18.2 Å². The predicted molar refractivity (Wildman–Crippen MR) is 77.1 cm³/mol. The third-order valence-electron chi connectivity index (χ3n) is 2.86. The average Bonchev–Trinajstić information content (AvgIpc) is 2.28. The smallest absolute Gasteiger partial charge is 0.120 e. The van der Waals surface area contributed by atoms with Gasteiger partial charge in [0, 0.05) is 6.54 Å². The number of aryl methyl sites for hydroxylation is 1. The van der Waals surface area contributed by atoms with Gasteiger partial charge in [-0.1, -0.05) is 25.8 Å². The van der Waals surface area contributed by atoms with Gasteiger partial charge in [0.2, 0.25) is 0 Å². The number of terminal acetylenes is 1. The maximum absolute atomic E-state index is 5.85. The van der Waals surface area contributed by atoms with Gasteiger partial charge in [-0.05, 0) is 43.0 Å². The van der Waals surface area contributed by atoms with Gasteiger partial charge in [-0.3, -0.25) is 0 Å². The highest BCUT2D eigenvalue weighted by Crippen LogP contribution is 2.23. The summed E-state index contributed by atoms with van der Waals surface area (Å²) in [6, 6.07) is 6.30. The SMILES string of the molecule is C#CCNCC(C)Oc1ccc(C(C)C)c(C)c1. The van der Waals surface area contributed by atoms with Gasteiger partial charge < -0.3 is 10.1 Å². The molecule has 0 fully saturated rings. The lowest BCUT2D eigenvalue weighted by atomic mass is 9.98. The molecule has 1 atom stereocenters. The van der Waals surface area contributed by atoms with Gasteiger partial charge in [0.15, 0.2) is 0 Å². The fourth-order valence-corrected chi connectivity index (χ4v) is 1.99. The lowest BCUT2D eigenvalue weighted by Crippen LogP contribution is -2.29. The molecule has 0 aliphatic carbocycles. The molecule has 0 heterocycles. The molecule has 98 valence electrons. The molecule has 0 aliphatic rings. The largest absolute Gasteiger partial charge is 0.489 e. The first-order valence-corrected chi connectivity index (χ1v) is 6.46. The highest BCUT2D eigenvalue weighted by molar-refractivity contribution is 5.36. The fraction of sp³-hybridized carbons (Fsp3) is 0.500. The molecule has 0 amide bonds. The van der Waals surface area contributed by atoms with Gasteiger partial charge >= 0.3 is 0 Å². The summed E-state index contributed by atoms with van der Waals surface area (Å²) in [7, 11) is 0. The lowest BCUT2D eigenvalue weighted by molar-refractivity contribution is 0.219. The molecule has 0 bridgehead atoms. The van der Waals surface area contributed by atoms with E-state index < -0.39 is 0 Å². The predicted octanol–water partition coefficient (Wildman–Crippen LogP) is 3.11. The van der Waals surface area contributed by atoms with E-state index in [0.29, 0.717) is 12.5 Å². The average molecular weight is 245 g/mol. The number of benzene rings is 1. The van der Waals surface area contributed by atoms with Gasteiger partial charge in [0.1, 0.15) is 11.9 Å². The Morgan fingerprint density at radius 3 is 2.61 bits per heavy atom. The summed E-state index contributed by atoms with van der Waals surface area (Å²) in [6.45, 7) is 9.91. The maximum atomic E-state index is 5.85. The van der Waals surface area contributed by atoms with Crippen molar-refractivity contribution in [1.29, 1.82) is 0 Å². The van der Waals surface area contributed by atoms with Crippen LogP contribution in [-0.4, -0.2) is 19.2 Å². The van der Waals surface area contributed by atoms with E-state index >= 15 is 0 Å². The second-order valence-electron chi connectivity index (χ2n) is 4.94. The van der Waals surface area contributed by atoms with Crippen molar-refractivity contribution in [3.8, 4) is 18.1 Å². The topological polar surface area (TPSA) is 21.3 Å². The molecule has 0 aromatic heterocycles. The van der Waals surface area contributed by atoms with E-state index in [1.54, 1.807) is 0 Å². The van der Waals surface area contributed by atoms with Crippen LogP contribution in [0.4, 0.5) is 0 Å². The van der Waals surface area contributed by atoms with Crippen molar-refractivity contribution in [1.82, 2.24) is 5.32 Å². The van der Waals surface area contributed by atoms with Crippen LogP contribution in [0, 0.1) is 19.3 Å². The van der Waals surface area contributed by atoms with Gasteiger partial charge in [0.05, 0.1) is 6.54 Å². The van der Waals surface area contributed by atoms with E-state index in [9.17, 15) is 0 Å². The van der Waals surface area contributed by atoms with Gasteiger partial charge in [-0.25, -0.2) is 0 Å². The Bertz CT molecular complexity index is 418. The second kappa shape index (κ2) is 7.08. The van der Waals surface area contributed by atoms with Crippen LogP contribution in [-0.2, 0) is 0 Å². The van der Waals surface area contributed by atoms with Crippen molar-refractivity contribution >= 4 is 0 Å². The summed E-state index contributed by atoms with van der Waals surface area (Å²) < 4.78 is 5.85. The highest BCUT2D eigenvalue weighted by Gasteiger charge is 2.07. The molecule has 0 aliphatic heterocycles. The van der Waals surface area contributed by atoms with Gasteiger partial charge in [-0.15, -0.1) is 6.42 Å². The van der Waals surface area contributed by atoms with Crippen LogP contribution in [0.25, 0.3) is 0 Å². The molecule has 1 aromatic rings. The molecule has 1 N–H and O–H groups in total. The number of hydrogen-bond acceptors (Lipinski definition) is 2. The zero-order valence-corrected chi connectivity index (χ0v) is 11.8. The van der Waals surface area contributed by atoms with Crippen molar-refractivity contribution in [2.45, 2.75) is 39.7 Å². The Kier molecular flexibility index (Phi) is 5.74. The second-order valence-corrected chi connectivity index (χ2v) is 4.94. The highest BCUT2D eigenvalue weighted by atomic mass is 16.5. The van der Waals surface area contributed by atoms with E-state index in [2.05, 4.69) is 44.1 Å². The minimum Gasteiger partial charge on any atom is -0.489 e. The van der Waals surface area contributed by atoms with Crippen LogP contribution >= 0.6 is 0 Å². The third-order valence-corrected chi connectivity index (χ3v) is 2.86. The molecule has 1 rings (SSSR count). The van der Waals surface area contributed by atoms with E-state index in [-0.39, 0.29) is 6.10 Å². The minimum atomic E-state index is 0.114. The summed E-state index contributed by atoms with van der Waals surface area (Å²) >= 11 is 0. The zero-order valence-electron chi connectivity index (χ0n) is 11.8. The Morgan fingerprint density at radius 2 is 2.06 bits per heavy atom. The lowest BCUT2D eigenvalue weighted by Gasteiger charge is -2.17. The number of ether oxygens (including phenoxy) is 1. The summed E-state index contributed by atoms with van der Waals surface area (Å²) in [5.41, 5.74) is 2.66. The Balaban J connectivity index is 2.58. The molecular formula is C16H23NO. The third kappa shape index (κ3) is 4.43. The first-order chi connectivity index (χ1) is 8.54. The Morgan fingerprint density at radius 1 is 1.33 bits per heavy atom. The van der Waals surface area contributed by atoms with Crippen molar-refractivity contribution < 1.29 is 4.74 Å². The minimum absolute atomic E-state index is 0.114. The quantitative estimate of drug-likeness (QED) is 0.614. The fourth-order valence-electron chi connectivity index (χ4n) is 1.99. The molecule has 1 unspecified atom stereocenters. The van der Waals surface area contributed by atoms with Crippen molar-refractivity contribution in [3.05, 3.63) is 29.3 Å². The number of nitrogens with one attached hydrogen (secondary N) is 1. The van der Waals surface area contributed by atoms with E-state index in [0.717, 1.165) is 12.3 Å². The van der Waals surface area contributed by atoms with Crippen molar-refractivity contribution in [2.75, 3.05) is 13.1 Å². The molecule has 0 saturated carbocycles. The Labute approximate surface area is 111 Å². The van der Waals surface area contributed by atoms with E-state index in [1.165, 1.54) is 11.1 Å². The van der Waals surface area contributed by atoms with Crippen LogP contribution in [0.1, 0.15) is 37.8 Å². The molecule has 2 nitrogen and oxygen atoms in total. The molecular weight excluding hydrogens is 222 g/mol. The van der Waals surface area contributed by atoms with Gasteiger partial charge in [0.25, 0.3) is 0 Å². The zero-order chi connectivity index (χ0) is 13.5. The normalized spacial score (nSPS) is 12.2. The van der Waals surface area contributed by atoms with Crippen LogP contribution < -0.4 is 10.1 Å². The molecule has 1 aromatic carbocycles. The van der Waals surface area contributed by atoms with E-state index in [1.807, 2.05) is 13.0 Å². The first kappa shape index (κ1) is 14.6. The van der Waals surface area contributed by atoms with Crippen molar-refractivity contribution in [3.63, 3.8) is 0 Å².